The standard InChI is InChI=1S/C13H17BrFNO/c1-2-3-12(16)8-13(17)6-9-4-10(14)7-11(15)5-9/h4-5,7,12H,2-3,6,8,16H2,1H3. The van der Waals surface area contributed by atoms with Crippen molar-refractivity contribution in [3.8, 4) is 0 Å². The van der Waals surface area contributed by atoms with Crippen LogP contribution in [-0.2, 0) is 11.2 Å². The Bertz CT molecular complexity index is 375. The predicted molar refractivity (Wildman–Crippen MR) is 70.3 cm³/mol. The van der Waals surface area contributed by atoms with Crippen LogP contribution in [0.1, 0.15) is 31.7 Å². The van der Waals surface area contributed by atoms with Crippen molar-refractivity contribution < 1.29 is 9.18 Å². The van der Waals surface area contributed by atoms with E-state index < -0.39 is 0 Å². The second-order valence-electron chi connectivity index (χ2n) is 4.25. The molecular formula is C13H17BrFNO. The van der Waals surface area contributed by atoms with Crippen LogP contribution in [0.5, 0.6) is 0 Å². The Kier molecular flexibility index (Phi) is 5.78. The van der Waals surface area contributed by atoms with Crippen LogP contribution in [0.2, 0.25) is 0 Å². The van der Waals surface area contributed by atoms with Crippen LogP contribution in [0.3, 0.4) is 0 Å². The Morgan fingerprint density at radius 3 is 2.76 bits per heavy atom. The van der Waals surface area contributed by atoms with E-state index in [0.717, 1.165) is 12.8 Å². The highest BCUT2D eigenvalue weighted by atomic mass is 79.9. The summed E-state index contributed by atoms with van der Waals surface area (Å²) in [6, 6.07) is 4.43. The number of carbonyl (C=O) groups excluding carboxylic acids is 1. The SMILES string of the molecule is CCCC(N)CC(=O)Cc1cc(F)cc(Br)c1. The Hall–Kier alpha value is -0.740. The summed E-state index contributed by atoms with van der Waals surface area (Å²) < 4.78 is 13.7. The minimum Gasteiger partial charge on any atom is -0.327 e. The molecule has 0 heterocycles. The zero-order valence-corrected chi connectivity index (χ0v) is 11.5. The summed E-state index contributed by atoms with van der Waals surface area (Å²) in [6.45, 7) is 2.04. The first-order chi connectivity index (χ1) is 8.01. The number of Topliss-reactive ketones (excluding diaryl/α,β-unsaturated/α-hetero) is 1. The molecule has 0 saturated carbocycles. The second-order valence-corrected chi connectivity index (χ2v) is 5.16. The lowest BCUT2D eigenvalue weighted by molar-refractivity contribution is -0.118. The maximum absolute atomic E-state index is 13.1. The fourth-order valence-corrected chi connectivity index (χ4v) is 2.29. The smallest absolute Gasteiger partial charge is 0.138 e. The van der Waals surface area contributed by atoms with E-state index in [1.54, 1.807) is 6.07 Å². The molecule has 2 nitrogen and oxygen atoms in total. The molecule has 1 aromatic rings. The summed E-state index contributed by atoms with van der Waals surface area (Å²) in [4.78, 5) is 11.7. The summed E-state index contributed by atoms with van der Waals surface area (Å²) in [7, 11) is 0. The number of halogens is 2. The summed E-state index contributed by atoms with van der Waals surface area (Å²) in [5.41, 5.74) is 6.48. The number of hydrogen-bond acceptors (Lipinski definition) is 2. The number of nitrogens with two attached hydrogens (primary N) is 1. The van der Waals surface area contributed by atoms with E-state index in [-0.39, 0.29) is 24.1 Å². The Labute approximate surface area is 110 Å². The molecule has 2 N–H and O–H groups in total. The third-order valence-electron chi connectivity index (χ3n) is 2.47. The van der Waals surface area contributed by atoms with Gasteiger partial charge in [-0.1, -0.05) is 29.3 Å². The van der Waals surface area contributed by atoms with Gasteiger partial charge in [-0.15, -0.1) is 0 Å². The quantitative estimate of drug-likeness (QED) is 0.877. The molecule has 0 aliphatic heterocycles. The van der Waals surface area contributed by atoms with Crippen molar-refractivity contribution in [3.05, 3.63) is 34.1 Å². The van der Waals surface area contributed by atoms with E-state index in [0.29, 0.717) is 16.5 Å². The van der Waals surface area contributed by atoms with Crippen LogP contribution >= 0.6 is 15.9 Å². The van der Waals surface area contributed by atoms with Gasteiger partial charge in [-0.05, 0) is 30.2 Å². The highest BCUT2D eigenvalue weighted by Crippen LogP contribution is 2.16. The molecule has 0 aliphatic rings. The number of benzene rings is 1. The maximum atomic E-state index is 13.1. The summed E-state index contributed by atoms with van der Waals surface area (Å²) in [5.74, 6) is -0.275. The van der Waals surface area contributed by atoms with Gasteiger partial charge in [0.2, 0.25) is 0 Å². The lowest BCUT2D eigenvalue weighted by Crippen LogP contribution is -2.24. The summed E-state index contributed by atoms with van der Waals surface area (Å²) >= 11 is 3.20. The van der Waals surface area contributed by atoms with Gasteiger partial charge < -0.3 is 5.73 Å². The molecule has 17 heavy (non-hydrogen) atoms. The van der Waals surface area contributed by atoms with E-state index in [1.807, 2.05) is 6.92 Å². The molecule has 0 radical (unpaired) electrons. The predicted octanol–water partition coefficient (Wildman–Crippen LogP) is 3.22. The first-order valence-corrected chi connectivity index (χ1v) is 6.52. The van der Waals surface area contributed by atoms with Gasteiger partial charge in [0.05, 0.1) is 0 Å². The average Bonchev–Trinajstić information content (AvgIpc) is 2.14. The molecule has 0 bridgehead atoms. The van der Waals surface area contributed by atoms with E-state index in [4.69, 9.17) is 5.73 Å². The molecular weight excluding hydrogens is 285 g/mol. The molecule has 0 amide bonds. The van der Waals surface area contributed by atoms with Crippen LogP contribution in [0, 0.1) is 5.82 Å². The lowest BCUT2D eigenvalue weighted by Gasteiger charge is -2.09. The molecule has 1 unspecified atom stereocenters. The molecule has 0 saturated heterocycles. The Morgan fingerprint density at radius 1 is 1.47 bits per heavy atom. The number of ketones is 1. The first kappa shape index (κ1) is 14.3. The van der Waals surface area contributed by atoms with Crippen molar-refractivity contribution in [1.82, 2.24) is 0 Å². The van der Waals surface area contributed by atoms with Crippen LogP contribution in [0.4, 0.5) is 4.39 Å². The molecule has 0 fully saturated rings. The Morgan fingerprint density at radius 2 is 2.18 bits per heavy atom. The molecule has 1 rings (SSSR count). The largest absolute Gasteiger partial charge is 0.327 e. The van der Waals surface area contributed by atoms with Crippen LogP contribution in [0.25, 0.3) is 0 Å². The van der Waals surface area contributed by atoms with Crippen LogP contribution < -0.4 is 5.73 Å². The molecule has 1 aromatic carbocycles. The van der Waals surface area contributed by atoms with Gasteiger partial charge >= 0.3 is 0 Å². The van der Waals surface area contributed by atoms with E-state index in [2.05, 4.69) is 15.9 Å². The molecule has 0 aromatic heterocycles. The zero-order chi connectivity index (χ0) is 12.8. The highest BCUT2D eigenvalue weighted by Gasteiger charge is 2.10. The van der Waals surface area contributed by atoms with Gasteiger partial charge in [0, 0.05) is 23.4 Å². The van der Waals surface area contributed by atoms with E-state index in [1.165, 1.54) is 12.1 Å². The summed E-state index contributed by atoms with van der Waals surface area (Å²) in [5, 5.41) is 0. The normalized spacial score (nSPS) is 12.5. The number of rotatable bonds is 6. The fraction of sp³-hybridized carbons (Fsp3) is 0.462. The van der Waals surface area contributed by atoms with Crippen molar-refractivity contribution in [3.63, 3.8) is 0 Å². The van der Waals surface area contributed by atoms with Crippen LogP contribution in [0.15, 0.2) is 22.7 Å². The van der Waals surface area contributed by atoms with Gasteiger partial charge in [0.25, 0.3) is 0 Å². The van der Waals surface area contributed by atoms with E-state index >= 15 is 0 Å². The molecule has 1 atom stereocenters. The zero-order valence-electron chi connectivity index (χ0n) is 9.88. The maximum Gasteiger partial charge on any atom is 0.138 e. The Balaban J connectivity index is 2.56. The highest BCUT2D eigenvalue weighted by molar-refractivity contribution is 9.10. The second kappa shape index (κ2) is 6.87. The van der Waals surface area contributed by atoms with Crippen molar-refractivity contribution in [2.45, 2.75) is 38.6 Å². The van der Waals surface area contributed by atoms with Gasteiger partial charge in [-0.3, -0.25) is 4.79 Å². The van der Waals surface area contributed by atoms with Crippen molar-refractivity contribution in [2.75, 3.05) is 0 Å². The number of carbonyl (C=O) groups is 1. The van der Waals surface area contributed by atoms with Gasteiger partial charge in [0.15, 0.2) is 0 Å². The average molecular weight is 302 g/mol. The van der Waals surface area contributed by atoms with Gasteiger partial charge in [0.1, 0.15) is 11.6 Å². The first-order valence-electron chi connectivity index (χ1n) is 5.73. The van der Waals surface area contributed by atoms with Crippen molar-refractivity contribution in [2.24, 2.45) is 5.73 Å². The topological polar surface area (TPSA) is 43.1 Å². The molecule has 0 spiro atoms. The minimum absolute atomic E-state index is 0.0588. The lowest BCUT2D eigenvalue weighted by atomic mass is 10.0. The molecule has 4 heteroatoms. The fourth-order valence-electron chi connectivity index (χ4n) is 1.78. The van der Waals surface area contributed by atoms with Gasteiger partial charge in [-0.25, -0.2) is 4.39 Å². The van der Waals surface area contributed by atoms with Crippen molar-refractivity contribution in [1.29, 1.82) is 0 Å². The summed E-state index contributed by atoms with van der Waals surface area (Å²) in [6.07, 6.45) is 2.42. The van der Waals surface area contributed by atoms with E-state index in [9.17, 15) is 9.18 Å². The monoisotopic (exact) mass is 301 g/mol. The van der Waals surface area contributed by atoms with Crippen molar-refractivity contribution >= 4 is 21.7 Å². The minimum atomic E-state index is -0.333. The van der Waals surface area contributed by atoms with Gasteiger partial charge in [-0.2, -0.15) is 0 Å². The van der Waals surface area contributed by atoms with Crippen LogP contribution in [-0.4, -0.2) is 11.8 Å². The third-order valence-corrected chi connectivity index (χ3v) is 2.93. The molecule has 0 aliphatic carbocycles. The molecule has 94 valence electrons. The third kappa shape index (κ3) is 5.41. The number of hydrogen-bond donors (Lipinski definition) is 1.